The maximum absolute atomic E-state index is 14.6. The first-order valence-electron chi connectivity index (χ1n) is 11.0. The average Bonchev–Trinajstić information content (AvgIpc) is 3.41. The van der Waals surface area contributed by atoms with Crippen LogP contribution in [0.1, 0.15) is 11.4 Å². The fourth-order valence-corrected chi connectivity index (χ4v) is 3.93. The fraction of sp³-hybridized carbons (Fsp3) is 0.167. The Morgan fingerprint density at radius 3 is 1.86 bits per heavy atom. The summed E-state index contributed by atoms with van der Waals surface area (Å²) in [7, 11) is 2.54. The molecule has 0 saturated carbocycles. The minimum absolute atomic E-state index is 0.0887. The number of aryl methyl sites for hydroxylation is 2. The molecule has 2 N–H and O–H groups in total. The number of nitrogens with zero attached hydrogens (tertiary/aromatic N) is 6. The highest BCUT2D eigenvalue weighted by molar-refractivity contribution is 5.93. The Balaban J connectivity index is 1.45. The van der Waals surface area contributed by atoms with Crippen molar-refractivity contribution in [1.82, 2.24) is 29.5 Å². The summed E-state index contributed by atoms with van der Waals surface area (Å²) in [4.78, 5) is 32.4. The van der Waals surface area contributed by atoms with Gasteiger partial charge in [-0.3, -0.25) is 0 Å². The predicted octanol–water partition coefficient (Wildman–Crippen LogP) is 4.65. The van der Waals surface area contributed by atoms with Crippen LogP contribution < -0.4 is 10.6 Å². The highest BCUT2D eigenvalue weighted by Crippen LogP contribution is 2.27. The van der Waals surface area contributed by atoms with E-state index in [-0.39, 0.29) is 11.8 Å². The zero-order valence-electron chi connectivity index (χ0n) is 20.2. The summed E-state index contributed by atoms with van der Waals surface area (Å²) in [5.74, 6) is -0.659. The number of hydrogen-bond acceptors (Lipinski definition) is 10. The standard InChI is InChI=1S/C24H21FN8O4/c1-12-16-7-5-14(9-19(16)32(30-12)23(34)36-3)27-21-18(25)11-26-22(29-21)28-15-6-8-17-13(2)31-33(20(17)10-15)24(35)37-4/h5-11H,1-4H3,(H2,26,27,28,29). The first kappa shape index (κ1) is 23.7. The summed E-state index contributed by atoms with van der Waals surface area (Å²) < 4.78 is 26.5. The van der Waals surface area contributed by atoms with Crippen LogP contribution in [-0.4, -0.2) is 55.9 Å². The van der Waals surface area contributed by atoms with Crippen molar-refractivity contribution in [2.45, 2.75) is 13.8 Å². The van der Waals surface area contributed by atoms with Crippen LogP contribution in [0.3, 0.4) is 0 Å². The van der Waals surface area contributed by atoms with Crippen LogP contribution >= 0.6 is 0 Å². The smallest absolute Gasteiger partial charge is 0.434 e. The van der Waals surface area contributed by atoms with Gasteiger partial charge < -0.3 is 20.1 Å². The summed E-state index contributed by atoms with van der Waals surface area (Å²) in [6, 6.07) is 10.4. The first-order valence-corrected chi connectivity index (χ1v) is 11.0. The predicted molar refractivity (Wildman–Crippen MR) is 133 cm³/mol. The Morgan fingerprint density at radius 2 is 1.35 bits per heavy atom. The molecule has 2 aromatic carbocycles. The summed E-state index contributed by atoms with van der Waals surface area (Å²) in [5.41, 5.74) is 3.35. The number of carbonyl (C=O) groups excluding carboxylic acids is 2. The number of benzene rings is 2. The SMILES string of the molecule is COC(=O)n1nc(C)c2ccc(Nc3ncc(F)c(Nc4ccc5c(C)nn(C(=O)OC)c5c4)n3)cc21. The third-order valence-electron chi connectivity index (χ3n) is 5.69. The van der Waals surface area contributed by atoms with Crippen molar-refractivity contribution in [3.63, 3.8) is 0 Å². The van der Waals surface area contributed by atoms with Crippen molar-refractivity contribution in [3.8, 4) is 0 Å². The van der Waals surface area contributed by atoms with Crippen molar-refractivity contribution in [3.05, 3.63) is 59.8 Å². The van der Waals surface area contributed by atoms with Gasteiger partial charge in [-0.25, -0.2) is 19.0 Å². The number of aromatic nitrogens is 6. The number of anilines is 4. The number of carbonyl (C=O) groups is 2. The van der Waals surface area contributed by atoms with Gasteiger partial charge in [0.15, 0.2) is 11.6 Å². The van der Waals surface area contributed by atoms with E-state index < -0.39 is 18.0 Å². The van der Waals surface area contributed by atoms with Gasteiger partial charge in [0.25, 0.3) is 0 Å². The molecule has 0 aliphatic rings. The third kappa shape index (κ3) is 4.26. The van der Waals surface area contributed by atoms with E-state index >= 15 is 0 Å². The largest absolute Gasteiger partial charge is 0.451 e. The lowest BCUT2D eigenvalue weighted by atomic mass is 10.2. The summed E-state index contributed by atoms with van der Waals surface area (Å²) in [5, 5.41) is 15.9. The number of methoxy groups -OCH3 is 2. The Morgan fingerprint density at radius 1 is 0.838 bits per heavy atom. The quantitative estimate of drug-likeness (QED) is 0.356. The van der Waals surface area contributed by atoms with Gasteiger partial charge in [-0.2, -0.15) is 24.5 Å². The van der Waals surface area contributed by atoms with Gasteiger partial charge in [0.1, 0.15) is 0 Å². The molecule has 0 atom stereocenters. The normalized spacial score (nSPS) is 11.1. The van der Waals surface area contributed by atoms with Gasteiger partial charge in [0.2, 0.25) is 5.95 Å². The third-order valence-corrected chi connectivity index (χ3v) is 5.69. The van der Waals surface area contributed by atoms with Crippen molar-refractivity contribution < 1.29 is 23.5 Å². The molecule has 37 heavy (non-hydrogen) atoms. The van der Waals surface area contributed by atoms with Gasteiger partial charge in [-0.05, 0) is 50.2 Å². The van der Waals surface area contributed by atoms with Gasteiger partial charge in [0.05, 0.1) is 42.8 Å². The van der Waals surface area contributed by atoms with Gasteiger partial charge in [-0.1, -0.05) is 0 Å². The number of rotatable bonds is 4. The molecule has 0 saturated heterocycles. The van der Waals surface area contributed by atoms with Crippen LogP contribution in [-0.2, 0) is 9.47 Å². The zero-order chi connectivity index (χ0) is 26.3. The number of nitrogens with one attached hydrogen (secondary N) is 2. The first-order chi connectivity index (χ1) is 17.8. The molecule has 13 heteroatoms. The van der Waals surface area contributed by atoms with Crippen LogP contribution in [0.4, 0.5) is 37.1 Å². The maximum atomic E-state index is 14.6. The van der Waals surface area contributed by atoms with E-state index in [9.17, 15) is 14.0 Å². The van der Waals surface area contributed by atoms with Crippen molar-refractivity contribution >= 4 is 57.1 Å². The molecule has 0 amide bonds. The molecule has 0 aliphatic heterocycles. The van der Waals surface area contributed by atoms with Crippen LogP contribution in [0.15, 0.2) is 42.6 Å². The van der Waals surface area contributed by atoms with E-state index in [1.165, 1.54) is 14.2 Å². The molecule has 188 valence electrons. The Kier molecular flexibility index (Phi) is 5.87. The molecule has 0 fully saturated rings. The lowest BCUT2D eigenvalue weighted by Gasteiger charge is -2.10. The minimum Gasteiger partial charge on any atom is -0.451 e. The highest BCUT2D eigenvalue weighted by atomic mass is 19.1. The number of ether oxygens (including phenoxy) is 2. The van der Waals surface area contributed by atoms with Crippen LogP contribution in [0.5, 0.6) is 0 Å². The van der Waals surface area contributed by atoms with E-state index in [0.717, 1.165) is 26.3 Å². The van der Waals surface area contributed by atoms with E-state index in [2.05, 4.69) is 30.8 Å². The maximum Gasteiger partial charge on any atom is 0.434 e. The second kappa shape index (κ2) is 9.18. The van der Waals surface area contributed by atoms with E-state index in [4.69, 9.17) is 9.47 Å². The second-order valence-electron chi connectivity index (χ2n) is 8.04. The second-order valence-corrected chi connectivity index (χ2v) is 8.04. The molecular formula is C24H21FN8O4. The van der Waals surface area contributed by atoms with Gasteiger partial charge in [-0.15, -0.1) is 0 Å². The number of hydrogen-bond donors (Lipinski definition) is 2. The molecule has 5 rings (SSSR count). The van der Waals surface area contributed by atoms with Gasteiger partial charge >= 0.3 is 12.2 Å². The van der Waals surface area contributed by atoms with Gasteiger partial charge in [0, 0.05) is 22.1 Å². The summed E-state index contributed by atoms with van der Waals surface area (Å²) >= 11 is 0. The van der Waals surface area contributed by atoms with Crippen LogP contribution in [0.25, 0.3) is 21.8 Å². The molecule has 0 unspecified atom stereocenters. The number of fused-ring (bicyclic) bond motifs is 2. The van der Waals surface area contributed by atoms with Crippen molar-refractivity contribution in [2.24, 2.45) is 0 Å². The average molecular weight is 504 g/mol. The molecule has 0 aliphatic carbocycles. The van der Waals surface area contributed by atoms with E-state index in [0.29, 0.717) is 33.8 Å². The summed E-state index contributed by atoms with van der Waals surface area (Å²) in [6.07, 6.45) is -0.239. The molecular weight excluding hydrogens is 483 g/mol. The minimum atomic E-state index is -0.682. The Labute approximate surface area is 209 Å². The molecule has 3 heterocycles. The van der Waals surface area contributed by atoms with E-state index in [1.54, 1.807) is 50.2 Å². The molecule has 0 spiro atoms. The molecule has 3 aromatic heterocycles. The number of halogens is 1. The lowest BCUT2D eigenvalue weighted by Crippen LogP contribution is -2.13. The van der Waals surface area contributed by atoms with Crippen molar-refractivity contribution in [1.29, 1.82) is 0 Å². The molecule has 0 bridgehead atoms. The Hall–Kier alpha value is -5.07. The van der Waals surface area contributed by atoms with E-state index in [1.807, 2.05) is 0 Å². The Bertz CT molecular complexity index is 1690. The molecule has 0 radical (unpaired) electrons. The fourth-order valence-electron chi connectivity index (χ4n) is 3.93. The van der Waals surface area contributed by atoms with Crippen LogP contribution in [0.2, 0.25) is 0 Å². The lowest BCUT2D eigenvalue weighted by molar-refractivity contribution is 0.169. The molecule has 5 aromatic rings. The topological polar surface area (TPSA) is 138 Å². The summed E-state index contributed by atoms with van der Waals surface area (Å²) in [6.45, 7) is 3.56. The van der Waals surface area contributed by atoms with Crippen molar-refractivity contribution in [2.75, 3.05) is 24.9 Å². The molecule has 12 nitrogen and oxygen atoms in total. The highest BCUT2D eigenvalue weighted by Gasteiger charge is 2.17. The monoisotopic (exact) mass is 504 g/mol. The zero-order valence-corrected chi connectivity index (χ0v) is 20.2. The van der Waals surface area contributed by atoms with Crippen LogP contribution in [0, 0.1) is 19.7 Å².